The van der Waals surface area contributed by atoms with E-state index in [4.69, 9.17) is 16.3 Å². The Morgan fingerprint density at radius 2 is 1.65 bits per heavy atom. The summed E-state index contributed by atoms with van der Waals surface area (Å²) in [5.74, 6) is 0.294. The first-order valence-corrected chi connectivity index (χ1v) is 8.83. The summed E-state index contributed by atoms with van der Waals surface area (Å²) in [4.78, 5) is 12.8. The molecule has 3 aromatic carbocycles. The van der Waals surface area contributed by atoms with E-state index < -0.39 is 0 Å². The van der Waals surface area contributed by atoms with E-state index in [1.165, 1.54) is 0 Å². The Labute approximate surface area is 158 Å². The van der Waals surface area contributed by atoms with Crippen molar-refractivity contribution >= 4 is 17.5 Å². The van der Waals surface area contributed by atoms with E-state index in [1.807, 2.05) is 67.6 Å². The highest BCUT2D eigenvalue weighted by atomic mass is 35.5. The van der Waals surface area contributed by atoms with Crippen molar-refractivity contribution in [2.45, 2.75) is 19.6 Å². The number of benzene rings is 3. The Bertz CT molecular complexity index is 866. The van der Waals surface area contributed by atoms with Crippen LogP contribution < -0.4 is 10.1 Å². The van der Waals surface area contributed by atoms with Crippen LogP contribution in [0.1, 0.15) is 34.5 Å². The molecule has 0 heterocycles. The van der Waals surface area contributed by atoms with Crippen molar-refractivity contribution in [2.24, 2.45) is 0 Å². The molecule has 0 radical (unpaired) electrons. The fourth-order valence-corrected chi connectivity index (χ4v) is 2.81. The second-order valence-electron chi connectivity index (χ2n) is 6.02. The van der Waals surface area contributed by atoms with E-state index in [2.05, 4.69) is 5.32 Å². The van der Waals surface area contributed by atoms with E-state index in [1.54, 1.807) is 18.2 Å². The quantitative estimate of drug-likeness (QED) is 0.634. The third-order valence-electron chi connectivity index (χ3n) is 4.07. The minimum Gasteiger partial charge on any atom is -0.488 e. The highest BCUT2D eigenvalue weighted by Crippen LogP contribution is 2.25. The largest absolute Gasteiger partial charge is 0.488 e. The minimum absolute atomic E-state index is 0.121. The Morgan fingerprint density at radius 1 is 1.00 bits per heavy atom. The van der Waals surface area contributed by atoms with E-state index in [9.17, 15) is 4.79 Å². The van der Waals surface area contributed by atoms with Crippen molar-refractivity contribution < 1.29 is 9.53 Å². The number of amides is 1. The zero-order valence-corrected chi connectivity index (χ0v) is 15.2. The van der Waals surface area contributed by atoms with Crippen LogP contribution in [0, 0.1) is 0 Å². The van der Waals surface area contributed by atoms with Gasteiger partial charge in [0.25, 0.3) is 5.91 Å². The standard InChI is InChI=1S/C22H20ClNO2/c1-16(18-10-6-3-7-11-18)24-22(25)20-14-19(23)12-13-21(20)26-15-17-8-4-2-5-9-17/h2-14,16H,15H2,1H3,(H,24,25)/t16-/m1/s1. The number of hydrogen-bond donors (Lipinski definition) is 1. The maximum Gasteiger partial charge on any atom is 0.255 e. The molecule has 0 aliphatic heterocycles. The van der Waals surface area contributed by atoms with Crippen LogP contribution in [0.2, 0.25) is 5.02 Å². The maximum absolute atomic E-state index is 12.8. The molecule has 4 heteroatoms. The number of ether oxygens (including phenoxy) is 1. The number of halogens is 1. The van der Waals surface area contributed by atoms with Crippen molar-refractivity contribution in [2.75, 3.05) is 0 Å². The topological polar surface area (TPSA) is 38.3 Å². The third-order valence-corrected chi connectivity index (χ3v) is 4.31. The summed E-state index contributed by atoms with van der Waals surface area (Å²) < 4.78 is 5.87. The van der Waals surface area contributed by atoms with Gasteiger partial charge < -0.3 is 10.1 Å². The molecule has 3 nitrogen and oxygen atoms in total. The van der Waals surface area contributed by atoms with Crippen LogP contribution in [0.25, 0.3) is 0 Å². The molecule has 0 unspecified atom stereocenters. The summed E-state index contributed by atoms with van der Waals surface area (Å²) in [5, 5.41) is 3.50. The van der Waals surface area contributed by atoms with Gasteiger partial charge in [0.1, 0.15) is 12.4 Å². The second-order valence-corrected chi connectivity index (χ2v) is 6.46. The van der Waals surface area contributed by atoms with Crippen LogP contribution in [-0.2, 0) is 6.61 Å². The monoisotopic (exact) mass is 365 g/mol. The summed E-state index contributed by atoms with van der Waals surface area (Å²) in [6.45, 7) is 2.33. The maximum atomic E-state index is 12.8. The third kappa shape index (κ3) is 4.64. The highest BCUT2D eigenvalue weighted by Gasteiger charge is 2.16. The number of carbonyl (C=O) groups is 1. The number of nitrogens with one attached hydrogen (secondary N) is 1. The summed E-state index contributed by atoms with van der Waals surface area (Å²) in [6, 6.07) is 24.6. The average molecular weight is 366 g/mol. The number of rotatable bonds is 6. The van der Waals surface area contributed by atoms with Crippen molar-refractivity contribution in [1.82, 2.24) is 5.32 Å². The van der Waals surface area contributed by atoms with Gasteiger partial charge in [0.05, 0.1) is 11.6 Å². The fourth-order valence-electron chi connectivity index (χ4n) is 2.64. The predicted molar refractivity (Wildman–Crippen MR) is 105 cm³/mol. The van der Waals surface area contributed by atoms with Gasteiger partial charge in [-0.25, -0.2) is 0 Å². The molecule has 0 aliphatic carbocycles. The highest BCUT2D eigenvalue weighted by molar-refractivity contribution is 6.31. The van der Waals surface area contributed by atoms with Gasteiger partial charge in [-0.1, -0.05) is 72.3 Å². The Balaban J connectivity index is 1.75. The number of carbonyl (C=O) groups excluding carboxylic acids is 1. The Kier molecular flexibility index (Phi) is 5.92. The van der Waals surface area contributed by atoms with Gasteiger partial charge in [0, 0.05) is 5.02 Å². The first kappa shape index (κ1) is 18.0. The molecule has 0 aromatic heterocycles. The van der Waals surface area contributed by atoms with E-state index >= 15 is 0 Å². The first-order chi connectivity index (χ1) is 12.6. The molecule has 1 atom stereocenters. The molecule has 1 amide bonds. The molecule has 132 valence electrons. The average Bonchev–Trinajstić information content (AvgIpc) is 2.68. The van der Waals surface area contributed by atoms with Crippen molar-refractivity contribution in [3.8, 4) is 5.75 Å². The van der Waals surface area contributed by atoms with Crippen LogP contribution in [0.3, 0.4) is 0 Å². The zero-order chi connectivity index (χ0) is 18.4. The van der Waals surface area contributed by atoms with Gasteiger partial charge in [-0.05, 0) is 36.2 Å². The first-order valence-electron chi connectivity index (χ1n) is 8.45. The molecular formula is C22H20ClNO2. The van der Waals surface area contributed by atoms with E-state index in [0.717, 1.165) is 11.1 Å². The van der Waals surface area contributed by atoms with Crippen LogP contribution in [0.15, 0.2) is 78.9 Å². The normalized spacial score (nSPS) is 11.6. The van der Waals surface area contributed by atoms with Crippen LogP contribution in [0.5, 0.6) is 5.75 Å². The Hall–Kier alpha value is -2.78. The summed E-state index contributed by atoms with van der Waals surface area (Å²) in [6.07, 6.45) is 0. The molecule has 0 saturated carbocycles. The minimum atomic E-state index is -0.216. The summed E-state index contributed by atoms with van der Waals surface area (Å²) in [5.41, 5.74) is 2.50. The van der Waals surface area contributed by atoms with Gasteiger partial charge in [0.2, 0.25) is 0 Å². The summed E-state index contributed by atoms with van der Waals surface area (Å²) in [7, 11) is 0. The Morgan fingerprint density at radius 3 is 2.35 bits per heavy atom. The lowest BCUT2D eigenvalue weighted by atomic mass is 10.1. The second kappa shape index (κ2) is 8.54. The van der Waals surface area contributed by atoms with Gasteiger partial charge in [-0.15, -0.1) is 0 Å². The van der Waals surface area contributed by atoms with Crippen LogP contribution in [0.4, 0.5) is 0 Å². The molecule has 1 N–H and O–H groups in total. The van der Waals surface area contributed by atoms with Crippen LogP contribution in [-0.4, -0.2) is 5.91 Å². The van der Waals surface area contributed by atoms with Crippen LogP contribution >= 0.6 is 11.6 Å². The summed E-state index contributed by atoms with van der Waals surface area (Å²) >= 11 is 6.10. The molecule has 0 aliphatic rings. The van der Waals surface area contributed by atoms with E-state index in [-0.39, 0.29) is 11.9 Å². The lowest BCUT2D eigenvalue weighted by Gasteiger charge is -2.17. The van der Waals surface area contributed by atoms with Crippen molar-refractivity contribution in [3.63, 3.8) is 0 Å². The lowest BCUT2D eigenvalue weighted by Crippen LogP contribution is -2.27. The van der Waals surface area contributed by atoms with E-state index in [0.29, 0.717) is 22.9 Å². The molecule has 26 heavy (non-hydrogen) atoms. The smallest absolute Gasteiger partial charge is 0.255 e. The lowest BCUT2D eigenvalue weighted by molar-refractivity contribution is 0.0935. The molecule has 0 spiro atoms. The predicted octanol–water partition coefficient (Wildman–Crippen LogP) is 5.41. The molecule has 3 rings (SSSR count). The zero-order valence-electron chi connectivity index (χ0n) is 14.5. The van der Waals surface area contributed by atoms with Crippen molar-refractivity contribution in [3.05, 3.63) is 101 Å². The molecule has 0 saturated heterocycles. The van der Waals surface area contributed by atoms with Crippen molar-refractivity contribution in [1.29, 1.82) is 0 Å². The molecule has 0 bridgehead atoms. The molecule has 0 fully saturated rings. The molecule has 3 aromatic rings. The van der Waals surface area contributed by atoms with Gasteiger partial charge in [-0.2, -0.15) is 0 Å². The van der Waals surface area contributed by atoms with Gasteiger partial charge >= 0.3 is 0 Å². The van der Waals surface area contributed by atoms with Gasteiger partial charge in [0.15, 0.2) is 0 Å². The number of hydrogen-bond acceptors (Lipinski definition) is 2. The SMILES string of the molecule is C[C@@H](NC(=O)c1cc(Cl)ccc1OCc1ccccc1)c1ccccc1. The molecular weight excluding hydrogens is 346 g/mol. The fraction of sp³-hybridized carbons (Fsp3) is 0.136. The van der Waals surface area contributed by atoms with Gasteiger partial charge in [-0.3, -0.25) is 4.79 Å².